The average molecular weight is 256 g/mol. The van der Waals surface area contributed by atoms with Gasteiger partial charge in [0, 0.05) is 6.54 Å². The molecule has 0 bridgehead atoms. The molecule has 1 aromatic rings. The number of carbonyl (C=O) groups excluding carboxylic acids is 1. The van der Waals surface area contributed by atoms with Crippen LogP contribution in [0.3, 0.4) is 0 Å². The van der Waals surface area contributed by atoms with E-state index in [4.69, 9.17) is 0 Å². The van der Waals surface area contributed by atoms with E-state index in [-0.39, 0.29) is 12.1 Å². The Hall–Kier alpha value is -1.65. The summed E-state index contributed by atoms with van der Waals surface area (Å²) in [5.41, 5.74) is 0.522. The fourth-order valence-corrected chi connectivity index (χ4v) is 1.41. The molecule has 1 rings (SSSR count). The van der Waals surface area contributed by atoms with Crippen LogP contribution in [0, 0.1) is 17.6 Å². The van der Waals surface area contributed by atoms with E-state index in [0.29, 0.717) is 18.0 Å². The zero-order valence-electron chi connectivity index (χ0n) is 10.8. The molecule has 0 spiro atoms. The lowest BCUT2D eigenvalue weighted by Crippen LogP contribution is -2.38. The van der Waals surface area contributed by atoms with Crippen molar-refractivity contribution in [3.05, 3.63) is 35.4 Å². The molecule has 18 heavy (non-hydrogen) atoms. The molecule has 0 saturated heterocycles. The molecule has 100 valence electrons. The molecule has 0 aromatic heterocycles. The highest BCUT2D eigenvalue weighted by Gasteiger charge is 2.11. The Morgan fingerprint density at radius 2 is 1.89 bits per heavy atom. The van der Waals surface area contributed by atoms with Gasteiger partial charge in [-0.2, -0.15) is 0 Å². The van der Waals surface area contributed by atoms with Crippen LogP contribution in [0.1, 0.15) is 32.4 Å². The van der Waals surface area contributed by atoms with Crippen LogP contribution in [0.25, 0.3) is 0 Å². The summed E-state index contributed by atoms with van der Waals surface area (Å²) in [5.74, 6) is -1.45. The minimum atomic E-state index is -0.913. The third-order valence-corrected chi connectivity index (χ3v) is 2.46. The van der Waals surface area contributed by atoms with Crippen LogP contribution >= 0.6 is 0 Å². The number of hydrogen-bond acceptors (Lipinski definition) is 1. The number of urea groups is 1. The molecule has 5 heteroatoms. The molecule has 2 amide bonds. The number of rotatable bonds is 4. The summed E-state index contributed by atoms with van der Waals surface area (Å²) in [6.45, 7) is 6.25. The first-order valence-corrected chi connectivity index (χ1v) is 5.89. The number of benzene rings is 1. The molecule has 1 atom stereocenters. The van der Waals surface area contributed by atoms with Crippen molar-refractivity contribution < 1.29 is 13.6 Å². The molecule has 0 radical (unpaired) electrons. The number of amides is 2. The lowest BCUT2D eigenvalue weighted by molar-refractivity contribution is 0.236. The monoisotopic (exact) mass is 256 g/mol. The van der Waals surface area contributed by atoms with Crippen LogP contribution < -0.4 is 10.6 Å². The summed E-state index contributed by atoms with van der Waals surface area (Å²) in [6.07, 6.45) is 0. The number of hydrogen-bond donors (Lipinski definition) is 2. The fraction of sp³-hybridized carbons (Fsp3) is 0.462. The Morgan fingerprint density at radius 3 is 2.44 bits per heavy atom. The van der Waals surface area contributed by atoms with Gasteiger partial charge in [0.25, 0.3) is 0 Å². The van der Waals surface area contributed by atoms with Gasteiger partial charge in [-0.1, -0.05) is 19.9 Å². The third kappa shape index (κ3) is 4.31. The Bertz CT molecular complexity index is 421. The maximum atomic E-state index is 13.0. The zero-order chi connectivity index (χ0) is 13.7. The Labute approximate surface area is 106 Å². The molecule has 2 N–H and O–H groups in total. The molecule has 0 aliphatic carbocycles. The molecule has 3 nitrogen and oxygen atoms in total. The second kappa shape index (κ2) is 6.33. The Morgan fingerprint density at radius 1 is 1.22 bits per heavy atom. The van der Waals surface area contributed by atoms with Gasteiger partial charge in [-0.05, 0) is 30.5 Å². The quantitative estimate of drug-likeness (QED) is 0.854. The summed E-state index contributed by atoms with van der Waals surface area (Å²) in [5, 5.41) is 5.35. The highest BCUT2D eigenvalue weighted by molar-refractivity contribution is 5.74. The Kier molecular flexibility index (Phi) is 5.07. The number of halogens is 2. The van der Waals surface area contributed by atoms with Crippen LogP contribution in [0.2, 0.25) is 0 Å². The van der Waals surface area contributed by atoms with Crippen molar-refractivity contribution in [1.29, 1.82) is 0 Å². The third-order valence-electron chi connectivity index (χ3n) is 2.46. The van der Waals surface area contributed by atoms with E-state index in [1.165, 1.54) is 6.07 Å². The number of carbonyl (C=O) groups is 1. The standard InChI is InChI=1S/C13H18F2N2O/c1-8(2)7-16-13(18)17-9(3)10-4-5-11(14)12(15)6-10/h4-6,8-9H,7H2,1-3H3,(H2,16,17,18)/t9-/m1/s1. The van der Waals surface area contributed by atoms with E-state index < -0.39 is 11.6 Å². The minimum absolute atomic E-state index is 0.319. The first kappa shape index (κ1) is 14.4. The van der Waals surface area contributed by atoms with Gasteiger partial charge < -0.3 is 10.6 Å². The van der Waals surface area contributed by atoms with Crippen LogP contribution in [0.15, 0.2) is 18.2 Å². The molecule has 0 fully saturated rings. The highest BCUT2D eigenvalue weighted by atomic mass is 19.2. The van der Waals surface area contributed by atoms with Gasteiger partial charge in [0.1, 0.15) is 0 Å². The van der Waals surface area contributed by atoms with E-state index in [1.807, 2.05) is 13.8 Å². The second-order valence-corrected chi connectivity index (χ2v) is 4.64. The molecule has 0 heterocycles. The molecule has 0 saturated carbocycles. The van der Waals surface area contributed by atoms with Crippen LogP contribution in [-0.4, -0.2) is 12.6 Å². The van der Waals surface area contributed by atoms with Crippen molar-refractivity contribution in [2.75, 3.05) is 6.54 Å². The van der Waals surface area contributed by atoms with Gasteiger partial charge >= 0.3 is 6.03 Å². The largest absolute Gasteiger partial charge is 0.338 e. The van der Waals surface area contributed by atoms with Crippen LogP contribution in [0.5, 0.6) is 0 Å². The first-order valence-electron chi connectivity index (χ1n) is 5.89. The van der Waals surface area contributed by atoms with Crippen molar-refractivity contribution in [1.82, 2.24) is 10.6 Å². The van der Waals surface area contributed by atoms with Gasteiger partial charge in [0.05, 0.1) is 6.04 Å². The predicted molar refractivity (Wildman–Crippen MR) is 66.1 cm³/mol. The molecular weight excluding hydrogens is 238 g/mol. The normalized spacial score (nSPS) is 12.3. The fourth-order valence-electron chi connectivity index (χ4n) is 1.41. The van der Waals surface area contributed by atoms with E-state index in [0.717, 1.165) is 12.1 Å². The maximum absolute atomic E-state index is 13.0. The molecule has 1 aromatic carbocycles. The Balaban J connectivity index is 2.56. The van der Waals surface area contributed by atoms with Crippen molar-refractivity contribution in [2.24, 2.45) is 5.92 Å². The highest BCUT2D eigenvalue weighted by Crippen LogP contribution is 2.15. The van der Waals surface area contributed by atoms with Gasteiger partial charge in [0.2, 0.25) is 0 Å². The first-order chi connectivity index (χ1) is 8.40. The van der Waals surface area contributed by atoms with Crippen molar-refractivity contribution >= 4 is 6.03 Å². The van der Waals surface area contributed by atoms with E-state index >= 15 is 0 Å². The molecule has 0 unspecified atom stereocenters. The van der Waals surface area contributed by atoms with Crippen molar-refractivity contribution in [3.8, 4) is 0 Å². The minimum Gasteiger partial charge on any atom is -0.338 e. The molecule has 0 aliphatic heterocycles. The topological polar surface area (TPSA) is 41.1 Å². The lowest BCUT2D eigenvalue weighted by Gasteiger charge is -2.16. The van der Waals surface area contributed by atoms with Crippen molar-refractivity contribution in [3.63, 3.8) is 0 Å². The smallest absolute Gasteiger partial charge is 0.315 e. The maximum Gasteiger partial charge on any atom is 0.315 e. The van der Waals surface area contributed by atoms with Crippen molar-refractivity contribution in [2.45, 2.75) is 26.8 Å². The zero-order valence-corrected chi connectivity index (χ0v) is 10.8. The van der Waals surface area contributed by atoms with Gasteiger partial charge in [-0.3, -0.25) is 0 Å². The van der Waals surface area contributed by atoms with E-state index in [2.05, 4.69) is 10.6 Å². The average Bonchev–Trinajstić information content (AvgIpc) is 2.30. The number of nitrogens with one attached hydrogen (secondary N) is 2. The van der Waals surface area contributed by atoms with Gasteiger partial charge in [0.15, 0.2) is 11.6 Å². The van der Waals surface area contributed by atoms with E-state index in [1.54, 1.807) is 6.92 Å². The summed E-state index contributed by atoms with van der Waals surface area (Å²) in [6, 6.07) is 2.89. The second-order valence-electron chi connectivity index (χ2n) is 4.64. The van der Waals surface area contributed by atoms with Crippen LogP contribution in [-0.2, 0) is 0 Å². The SMILES string of the molecule is CC(C)CNC(=O)N[C@H](C)c1ccc(F)c(F)c1. The summed E-state index contributed by atoms with van der Waals surface area (Å²) >= 11 is 0. The van der Waals surface area contributed by atoms with E-state index in [9.17, 15) is 13.6 Å². The van der Waals surface area contributed by atoms with Crippen LogP contribution in [0.4, 0.5) is 13.6 Å². The summed E-state index contributed by atoms with van der Waals surface area (Å²) in [7, 11) is 0. The van der Waals surface area contributed by atoms with Gasteiger partial charge in [-0.15, -0.1) is 0 Å². The lowest BCUT2D eigenvalue weighted by atomic mass is 10.1. The summed E-state index contributed by atoms with van der Waals surface area (Å²) in [4.78, 5) is 11.5. The predicted octanol–water partition coefficient (Wildman–Crippen LogP) is 2.98. The van der Waals surface area contributed by atoms with Gasteiger partial charge in [-0.25, -0.2) is 13.6 Å². The molecule has 0 aliphatic rings. The summed E-state index contributed by atoms with van der Waals surface area (Å²) < 4.78 is 25.8. The molecular formula is C13H18F2N2O.